The summed E-state index contributed by atoms with van der Waals surface area (Å²) in [5.74, 6) is 1.59. The van der Waals surface area contributed by atoms with Gasteiger partial charge in [0, 0.05) is 26.6 Å². The van der Waals surface area contributed by atoms with Crippen molar-refractivity contribution in [3.05, 3.63) is 56.5 Å². The largest absolute Gasteiger partial charge is 0.496 e. The molecule has 0 amide bonds. The van der Waals surface area contributed by atoms with Crippen LogP contribution in [0.15, 0.2) is 45.3 Å². The Morgan fingerprint density at radius 3 is 2.15 bits per heavy atom. The minimum Gasteiger partial charge on any atom is -0.496 e. The number of methoxy groups -OCH3 is 1. The molecule has 5 heteroatoms. The molecule has 0 atom stereocenters. The van der Waals surface area contributed by atoms with Gasteiger partial charge in [-0.1, -0.05) is 31.9 Å². The summed E-state index contributed by atoms with van der Waals surface area (Å²) >= 11 is 6.88. The molecular formula is C15H15Br2NO2. The van der Waals surface area contributed by atoms with Crippen LogP contribution < -0.4 is 15.2 Å². The van der Waals surface area contributed by atoms with E-state index in [2.05, 4.69) is 31.9 Å². The Balaban J connectivity index is 2.18. The van der Waals surface area contributed by atoms with Crippen molar-refractivity contribution in [2.45, 2.75) is 13.2 Å². The van der Waals surface area contributed by atoms with Gasteiger partial charge in [0.25, 0.3) is 0 Å². The molecule has 0 saturated carbocycles. The molecule has 2 rings (SSSR count). The second-order valence-electron chi connectivity index (χ2n) is 4.20. The van der Waals surface area contributed by atoms with Crippen molar-refractivity contribution in [3.8, 4) is 11.5 Å². The number of hydrogen-bond donors (Lipinski definition) is 1. The third kappa shape index (κ3) is 3.75. The van der Waals surface area contributed by atoms with Gasteiger partial charge in [0.1, 0.15) is 18.1 Å². The third-order valence-corrected chi connectivity index (χ3v) is 3.85. The molecule has 0 saturated heterocycles. The standard InChI is InChI=1S/C15H15Br2NO2/c1-19-14-4-2-13(17)7-11(14)9-20-15-5-3-12(16)6-10(15)8-18/h2-7H,8-9,18H2,1H3. The fourth-order valence-electron chi connectivity index (χ4n) is 1.86. The number of benzene rings is 2. The summed E-state index contributed by atoms with van der Waals surface area (Å²) in [5.41, 5.74) is 7.68. The van der Waals surface area contributed by atoms with E-state index >= 15 is 0 Å². The lowest BCUT2D eigenvalue weighted by Gasteiger charge is -2.13. The van der Waals surface area contributed by atoms with Crippen LogP contribution in [0.3, 0.4) is 0 Å². The molecule has 0 aliphatic heterocycles. The molecular weight excluding hydrogens is 386 g/mol. The molecule has 0 heterocycles. The van der Waals surface area contributed by atoms with Gasteiger partial charge in [-0.3, -0.25) is 0 Å². The highest BCUT2D eigenvalue weighted by molar-refractivity contribution is 9.10. The summed E-state index contributed by atoms with van der Waals surface area (Å²) in [5, 5.41) is 0. The first-order valence-corrected chi connectivity index (χ1v) is 7.66. The van der Waals surface area contributed by atoms with Crippen LogP contribution in [-0.2, 0) is 13.2 Å². The van der Waals surface area contributed by atoms with Gasteiger partial charge in [-0.15, -0.1) is 0 Å². The molecule has 0 radical (unpaired) electrons. The summed E-state index contributed by atoms with van der Waals surface area (Å²) in [6.45, 7) is 0.863. The van der Waals surface area contributed by atoms with Crippen molar-refractivity contribution in [1.29, 1.82) is 0 Å². The molecule has 20 heavy (non-hydrogen) atoms. The molecule has 0 aliphatic rings. The predicted molar refractivity (Wildman–Crippen MR) is 87.1 cm³/mol. The van der Waals surface area contributed by atoms with E-state index < -0.39 is 0 Å². The van der Waals surface area contributed by atoms with Gasteiger partial charge in [0.15, 0.2) is 0 Å². The molecule has 0 spiro atoms. The number of nitrogens with two attached hydrogens (primary N) is 1. The maximum absolute atomic E-state index is 5.86. The number of halogens is 2. The van der Waals surface area contributed by atoms with E-state index in [1.807, 2.05) is 36.4 Å². The normalized spacial score (nSPS) is 10.4. The van der Waals surface area contributed by atoms with Crippen molar-refractivity contribution in [2.75, 3.05) is 7.11 Å². The van der Waals surface area contributed by atoms with Crippen molar-refractivity contribution in [1.82, 2.24) is 0 Å². The summed E-state index contributed by atoms with van der Waals surface area (Å²) < 4.78 is 13.2. The Kier molecular flexibility index (Phi) is 5.46. The molecule has 0 aliphatic carbocycles. The molecule has 2 aromatic rings. The lowest BCUT2D eigenvalue weighted by molar-refractivity contribution is 0.293. The minimum absolute atomic E-state index is 0.428. The monoisotopic (exact) mass is 399 g/mol. The first-order valence-electron chi connectivity index (χ1n) is 6.07. The molecule has 3 nitrogen and oxygen atoms in total. The second kappa shape index (κ2) is 7.11. The zero-order chi connectivity index (χ0) is 14.5. The summed E-state index contributed by atoms with van der Waals surface area (Å²) in [7, 11) is 1.65. The van der Waals surface area contributed by atoms with Crippen LogP contribution in [0.1, 0.15) is 11.1 Å². The van der Waals surface area contributed by atoms with E-state index in [4.69, 9.17) is 15.2 Å². The maximum Gasteiger partial charge on any atom is 0.125 e. The van der Waals surface area contributed by atoms with E-state index in [9.17, 15) is 0 Å². The van der Waals surface area contributed by atoms with Crippen LogP contribution in [0.2, 0.25) is 0 Å². The zero-order valence-electron chi connectivity index (χ0n) is 11.0. The Morgan fingerprint density at radius 1 is 0.950 bits per heavy atom. The topological polar surface area (TPSA) is 44.5 Å². The van der Waals surface area contributed by atoms with Gasteiger partial charge in [0.2, 0.25) is 0 Å². The van der Waals surface area contributed by atoms with E-state index in [1.54, 1.807) is 7.11 Å². The number of ether oxygens (including phenoxy) is 2. The molecule has 0 fully saturated rings. The average molecular weight is 401 g/mol. The first-order chi connectivity index (χ1) is 9.63. The van der Waals surface area contributed by atoms with Crippen molar-refractivity contribution < 1.29 is 9.47 Å². The van der Waals surface area contributed by atoms with Crippen LogP contribution in [0.4, 0.5) is 0 Å². The highest BCUT2D eigenvalue weighted by Gasteiger charge is 2.07. The Bertz CT molecular complexity index is 602. The van der Waals surface area contributed by atoms with Gasteiger partial charge in [0.05, 0.1) is 7.11 Å². The van der Waals surface area contributed by atoms with Crippen molar-refractivity contribution in [2.24, 2.45) is 5.73 Å². The van der Waals surface area contributed by atoms with Crippen LogP contribution in [0.5, 0.6) is 11.5 Å². The number of hydrogen-bond acceptors (Lipinski definition) is 3. The Labute approximate surface area is 135 Å². The summed E-state index contributed by atoms with van der Waals surface area (Å²) in [6, 6.07) is 11.7. The molecule has 2 N–H and O–H groups in total. The molecule has 0 aromatic heterocycles. The van der Waals surface area contributed by atoms with Crippen LogP contribution >= 0.6 is 31.9 Å². The quantitative estimate of drug-likeness (QED) is 0.815. The van der Waals surface area contributed by atoms with Gasteiger partial charge >= 0.3 is 0 Å². The number of rotatable bonds is 5. The van der Waals surface area contributed by atoms with Gasteiger partial charge in [-0.2, -0.15) is 0 Å². The smallest absolute Gasteiger partial charge is 0.125 e. The van der Waals surface area contributed by atoms with Crippen molar-refractivity contribution >= 4 is 31.9 Å². The van der Waals surface area contributed by atoms with E-state index in [0.29, 0.717) is 13.2 Å². The predicted octanol–water partition coefficient (Wildman–Crippen LogP) is 4.26. The first kappa shape index (κ1) is 15.4. The molecule has 0 unspecified atom stereocenters. The maximum atomic E-state index is 5.86. The second-order valence-corrected chi connectivity index (χ2v) is 6.03. The van der Waals surface area contributed by atoms with Crippen LogP contribution in [-0.4, -0.2) is 7.11 Å². The fourth-order valence-corrected chi connectivity index (χ4v) is 2.68. The summed E-state index contributed by atoms with van der Waals surface area (Å²) in [6.07, 6.45) is 0. The highest BCUT2D eigenvalue weighted by atomic mass is 79.9. The van der Waals surface area contributed by atoms with E-state index in [1.165, 1.54) is 0 Å². The zero-order valence-corrected chi connectivity index (χ0v) is 14.2. The Morgan fingerprint density at radius 2 is 1.55 bits per heavy atom. The van der Waals surface area contributed by atoms with E-state index in [0.717, 1.165) is 31.6 Å². The van der Waals surface area contributed by atoms with E-state index in [-0.39, 0.29) is 0 Å². The fraction of sp³-hybridized carbons (Fsp3) is 0.200. The molecule has 106 valence electrons. The van der Waals surface area contributed by atoms with Crippen LogP contribution in [0, 0.1) is 0 Å². The minimum atomic E-state index is 0.428. The lowest BCUT2D eigenvalue weighted by atomic mass is 10.2. The molecule has 2 aromatic carbocycles. The van der Waals surface area contributed by atoms with Crippen molar-refractivity contribution in [3.63, 3.8) is 0 Å². The SMILES string of the molecule is COc1ccc(Br)cc1COc1ccc(Br)cc1CN. The van der Waals surface area contributed by atoms with Crippen LogP contribution in [0.25, 0.3) is 0 Å². The highest BCUT2D eigenvalue weighted by Crippen LogP contribution is 2.27. The van der Waals surface area contributed by atoms with Gasteiger partial charge < -0.3 is 15.2 Å². The lowest BCUT2D eigenvalue weighted by Crippen LogP contribution is -2.04. The third-order valence-electron chi connectivity index (χ3n) is 2.87. The Hall–Kier alpha value is -1.04. The van der Waals surface area contributed by atoms with Gasteiger partial charge in [-0.05, 0) is 36.4 Å². The average Bonchev–Trinajstić information content (AvgIpc) is 2.46. The summed E-state index contributed by atoms with van der Waals surface area (Å²) in [4.78, 5) is 0. The molecule has 0 bridgehead atoms. The van der Waals surface area contributed by atoms with Gasteiger partial charge in [-0.25, -0.2) is 0 Å².